The van der Waals surface area contributed by atoms with Crippen LogP contribution < -0.4 is 10.6 Å². The van der Waals surface area contributed by atoms with E-state index in [1.807, 2.05) is 59.3 Å². The van der Waals surface area contributed by atoms with E-state index in [1.165, 1.54) is 0 Å². The van der Waals surface area contributed by atoms with Gasteiger partial charge in [0.2, 0.25) is 0 Å². The smallest absolute Gasteiger partial charge is 0.267 e. The second-order valence-corrected chi connectivity index (χ2v) is 7.36. The Bertz CT molecular complexity index is 1230. The number of fused-ring (bicyclic) bond motifs is 1. The predicted molar refractivity (Wildman–Crippen MR) is 126 cm³/mol. The van der Waals surface area contributed by atoms with Crippen molar-refractivity contribution in [3.8, 4) is 0 Å². The van der Waals surface area contributed by atoms with Gasteiger partial charge in [-0.1, -0.05) is 60.7 Å². The molecule has 0 spiro atoms. The zero-order chi connectivity index (χ0) is 22.2. The van der Waals surface area contributed by atoms with Crippen LogP contribution in [-0.4, -0.2) is 27.9 Å². The van der Waals surface area contributed by atoms with E-state index in [1.54, 1.807) is 42.9 Å². The lowest BCUT2D eigenvalue weighted by Gasteiger charge is -2.12. The van der Waals surface area contributed by atoms with E-state index in [-0.39, 0.29) is 17.5 Å². The fraction of sp³-hybridized carbons (Fsp3) is 0.115. The third-order valence-corrected chi connectivity index (χ3v) is 5.09. The summed E-state index contributed by atoms with van der Waals surface area (Å²) in [6.07, 6.45) is 7.83. The van der Waals surface area contributed by atoms with Crippen molar-refractivity contribution in [2.24, 2.45) is 0 Å². The van der Waals surface area contributed by atoms with Gasteiger partial charge in [-0.05, 0) is 41.0 Å². The monoisotopic (exact) mass is 424 g/mol. The fourth-order valence-corrected chi connectivity index (χ4v) is 3.45. The van der Waals surface area contributed by atoms with Crippen LogP contribution in [-0.2, 0) is 11.3 Å². The third kappa shape index (κ3) is 5.29. The first kappa shape index (κ1) is 21.1. The lowest BCUT2D eigenvalue weighted by molar-refractivity contribution is -0.117. The third-order valence-electron chi connectivity index (χ3n) is 5.09. The highest BCUT2D eigenvalue weighted by Gasteiger charge is 2.15. The van der Waals surface area contributed by atoms with Gasteiger partial charge in [-0.3, -0.25) is 9.59 Å². The number of amides is 2. The lowest BCUT2D eigenvalue weighted by atomic mass is 10.0. The topological polar surface area (TPSA) is 76.0 Å². The molecule has 0 saturated carbocycles. The average molecular weight is 425 g/mol. The molecule has 1 heterocycles. The van der Waals surface area contributed by atoms with Crippen molar-refractivity contribution in [2.45, 2.75) is 13.0 Å². The Morgan fingerprint density at radius 1 is 0.938 bits per heavy atom. The summed E-state index contributed by atoms with van der Waals surface area (Å²) in [5.41, 5.74) is 1.56. The molecule has 0 fully saturated rings. The van der Waals surface area contributed by atoms with Gasteiger partial charge >= 0.3 is 0 Å². The summed E-state index contributed by atoms with van der Waals surface area (Å²) in [7, 11) is 0. The molecule has 1 aromatic heterocycles. The maximum Gasteiger partial charge on any atom is 0.267 e. The number of imidazole rings is 1. The molecular formula is C26H24N4O2. The maximum absolute atomic E-state index is 13.0. The van der Waals surface area contributed by atoms with E-state index in [0.29, 0.717) is 12.1 Å². The quantitative estimate of drug-likeness (QED) is 0.331. The van der Waals surface area contributed by atoms with Crippen LogP contribution >= 0.6 is 0 Å². The van der Waals surface area contributed by atoms with Gasteiger partial charge in [-0.15, -0.1) is 0 Å². The molecule has 0 saturated heterocycles. The molecule has 32 heavy (non-hydrogen) atoms. The van der Waals surface area contributed by atoms with E-state index in [0.717, 1.165) is 29.3 Å². The van der Waals surface area contributed by atoms with Gasteiger partial charge in [-0.25, -0.2) is 4.98 Å². The number of benzene rings is 3. The molecule has 0 unspecified atom stereocenters. The minimum Gasteiger partial charge on any atom is -0.351 e. The Hall–Kier alpha value is -4.19. The molecule has 4 rings (SSSR count). The van der Waals surface area contributed by atoms with Crippen molar-refractivity contribution in [3.63, 3.8) is 0 Å². The van der Waals surface area contributed by atoms with Gasteiger partial charge in [-0.2, -0.15) is 0 Å². The Morgan fingerprint density at radius 2 is 1.72 bits per heavy atom. The molecule has 160 valence electrons. The minimum absolute atomic E-state index is 0.206. The Morgan fingerprint density at radius 3 is 2.53 bits per heavy atom. The average Bonchev–Trinajstić information content (AvgIpc) is 3.35. The SMILES string of the molecule is O=C(NCCCn1ccnc1)C(=Cc1cccc2ccccc12)NC(=O)c1ccccc1. The Balaban J connectivity index is 1.55. The van der Waals surface area contributed by atoms with Crippen LogP contribution in [0.3, 0.4) is 0 Å². The molecule has 0 radical (unpaired) electrons. The summed E-state index contributed by atoms with van der Waals surface area (Å²) in [5.74, 6) is -0.654. The van der Waals surface area contributed by atoms with Gasteiger partial charge in [0.1, 0.15) is 5.70 Å². The van der Waals surface area contributed by atoms with Gasteiger partial charge < -0.3 is 15.2 Å². The van der Waals surface area contributed by atoms with Crippen LogP contribution in [0.1, 0.15) is 22.3 Å². The highest BCUT2D eigenvalue weighted by molar-refractivity contribution is 6.06. The highest BCUT2D eigenvalue weighted by Crippen LogP contribution is 2.20. The molecule has 0 aliphatic carbocycles. The maximum atomic E-state index is 13.0. The first-order valence-corrected chi connectivity index (χ1v) is 10.5. The Labute approximate surface area is 186 Å². The largest absolute Gasteiger partial charge is 0.351 e. The van der Waals surface area contributed by atoms with Gasteiger partial charge in [0.05, 0.1) is 6.33 Å². The molecular weight excluding hydrogens is 400 g/mol. The molecule has 6 heteroatoms. The number of aryl methyl sites for hydroxylation is 1. The minimum atomic E-state index is -0.328. The molecule has 0 aliphatic rings. The summed E-state index contributed by atoms with van der Waals surface area (Å²) in [6, 6.07) is 22.7. The van der Waals surface area contributed by atoms with E-state index in [9.17, 15) is 9.59 Å². The predicted octanol–water partition coefficient (Wildman–Crippen LogP) is 4.01. The van der Waals surface area contributed by atoms with Crippen LogP contribution in [0.25, 0.3) is 16.8 Å². The normalized spacial score (nSPS) is 11.3. The van der Waals surface area contributed by atoms with Crippen molar-refractivity contribution in [3.05, 3.63) is 108 Å². The van der Waals surface area contributed by atoms with Gasteiger partial charge in [0.25, 0.3) is 11.8 Å². The summed E-state index contributed by atoms with van der Waals surface area (Å²) >= 11 is 0. The zero-order valence-corrected chi connectivity index (χ0v) is 17.6. The summed E-state index contributed by atoms with van der Waals surface area (Å²) < 4.78 is 1.95. The van der Waals surface area contributed by atoms with Crippen LogP contribution in [0, 0.1) is 0 Å². The number of hydrogen-bond donors (Lipinski definition) is 2. The molecule has 0 atom stereocenters. The Kier molecular flexibility index (Phi) is 6.72. The molecule has 6 nitrogen and oxygen atoms in total. The second-order valence-electron chi connectivity index (χ2n) is 7.36. The van der Waals surface area contributed by atoms with Crippen molar-refractivity contribution in [1.82, 2.24) is 20.2 Å². The number of aromatic nitrogens is 2. The molecule has 0 aliphatic heterocycles. The zero-order valence-electron chi connectivity index (χ0n) is 17.6. The summed E-state index contributed by atoms with van der Waals surface area (Å²) in [6.45, 7) is 1.23. The van der Waals surface area contributed by atoms with Crippen LogP contribution in [0.5, 0.6) is 0 Å². The van der Waals surface area contributed by atoms with E-state index in [4.69, 9.17) is 0 Å². The highest BCUT2D eigenvalue weighted by atomic mass is 16.2. The lowest BCUT2D eigenvalue weighted by Crippen LogP contribution is -2.35. The number of carbonyl (C=O) groups excluding carboxylic acids is 2. The van der Waals surface area contributed by atoms with Crippen LogP contribution in [0.4, 0.5) is 0 Å². The number of nitrogens with zero attached hydrogens (tertiary/aromatic N) is 2. The summed E-state index contributed by atoms with van der Waals surface area (Å²) in [4.78, 5) is 29.8. The van der Waals surface area contributed by atoms with Crippen molar-refractivity contribution in [2.75, 3.05) is 6.54 Å². The van der Waals surface area contributed by atoms with E-state index < -0.39 is 0 Å². The van der Waals surface area contributed by atoms with Crippen molar-refractivity contribution in [1.29, 1.82) is 0 Å². The van der Waals surface area contributed by atoms with E-state index in [2.05, 4.69) is 15.6 Å². The molecule has 4 aromatic rings. The van der Waals surface area contributed by atoms with Crippen molar-refractivity contribution >= 4 is 28.7 Å². The molecule has 3 aromatic carbocycles. The first-order chi connectivity index (χ1) is 15.7. The molecule has 0 bridgehead atoms. The number of nitrogens with one attached hydrogen (secondary N) is 2. The van der Waals surface area contributed by atoms with E-state index >= 15 is 0 Å². The molecule has 2 amide bonds. The standard InChI is InChI=1S/C26H24N4O2/c31-25(21-9-2-1-3-10-21)29-24(26(32)28-14-7-16-30-17-15-27-19-30)18-22-12-6-11-20-8-4-5-13-23(20)22/h1-6,8-13,15,17-19H,7,14,16H2,(H,28,32)(H,29,31). The first-order valence-electron chi connectivity index (χ1n) is 10.5. The number of rotatable bonds is 8. The number of carbonyl (C=O) groups is 2. The van der Waals surface area contributed by atoms with Crippen LogP contribution in [0.15, 0.2) is 97.2 Å². The summed E-state index contributed by atoms with van der Waals surface area (Å²) in [5, 5.41) is 7.78. The van der Waals surface area contributed by atoms with Crippen molar-refractivity contribution < 1.29 is 9.59 Å². The van der Waals surface area contributed by atoms with Crippen LogP contribution in [0.2, 0.25) is 0 Å². The second kappa shape index (κ2) is 10.2. The van der Waals surface area contributed by atoms with Gasteiger partial charge in [0, 0.05) is 31.0 Å². The number of hydrogen-bond acceptors (Lipinski definition) is 3. The molecule has 2 N–H and O–H groups in total. The van der Waals surface area contributed by atoms with Gasteiger partial charge in [0.15, 0.2) is 0 Å². The fourth-order valence-electron chi connectivity index (χ4n) is 3.45.